The van der Waals surface area contributed by atoms with Gasteiger partial charge in [0, 0.05) is 39.1 Å². The van der Waals surface area contributed by atoms with Crippen LogP contribution in [0.15, 0.2) is 30.6 Å². The monoisotopic (exact) mass is 287 g/mol. The zero-order valence-corrected chi connectivity index (χ0v) is 12.5. The second kappa shape index (κ2) is 5.73. The van der Waals surface area contributed by atoms with Crippen molar-refractivity contribution < 1.29 is 4.79 Å². The summed E-state index contributed by atoms with van der Waals surface area (Å²) < 4.78 is 3.92. The second-order valence-corrected chi connectivity index (χ2v) is 5.67. The van der Waals surface area contributed by atoms with E-state index in [1.807, 2.05) is 36.1 Å². The molecule has 1 aliphatic heterocycles. The van der Waals surface area contributed by atoms with Gasteiger partial charge in [0.15, 0.2) is 0 Å². The molecule has 2 aromatic heterocycles. The Balaban J connectivity index is 1.57. The molecule has 1 N–H and O–H groups in total. The number of fused-ring (bicyclic) bond motifs is 1. The zero-order chi connectivity index (χ0) is 14.8. The molecule has 0 saturated carbocycles. The molecule has 112 valence electrons. The van der Waals surface area contributed by atoms with Gasteiger partial charge < -0.3 is 9.88 Å². The van der Waals surface area contributed by atoms with Crippen LogP contribution in [-0.4, -0.2) is 45.3 Å². The lowest BCUT2D eigenvalue weighted by Crippen LogP contribution is -2.37. The first-order valence-electron chi connectivity index (χ1n) is 7.25. The number of hydrogen-bond donors (Lipinski definition) is 1. The van der Waals surface area contributed by atoms with Crippen molar-refractivity contribution in [1.29, 1.82) is 0 Å². The molecule has 0 aromatic carbocycles. The quantitative estimate of drug-likeness (QED) is 0.914. The van der Waals surface area contributed by atoms with Crippen molar-refractivity contribution in [3.8, 4) is 0 Å². The molecule has 21 heavy (non-hydrogen) atoms. The summed E-state index contributed by atoms with van der Waals surface area (Å²) in [6, 6.07) is 6.09. The maximum Gasteiger partial charge on any atom is 0.267 e. The topological polar surface area (TPSA) is 55.1 Å². The Labute approximate surface area is 124 Å². The van der Waals surface area contributed by atoms with Crippen LogP contribution in [0.2, 0.25) is 0 Å². The molecule has 2 aromatic rings. The van der Waals surface area contributed by atoms with Crippen molar-refractivity contribution >= 4 is 5.91 Å². The van der Waals surface area contributed by atoms with Crippen molar-refractivity contribution in [2.24, 2.45) is 7.05 Å². The average molecular weight is 287 g/mol. The number of rotatable bonds is 4. The van der Waals surface area contributed by atoms with Gasteiger partial charge in [0.2, 0.25) is 0 Å². The Morgan fingerprint density at radius 1 is 1.43 bits per heavy atom. The van der Waals surface area contributed by atoms with E-state index in [0.717, 1.165) is 19.5 Å². The fourth-order valence-electron chi connectivity index (χ4n) is 2.93. The number of amides is 1. The normalized spacial score (nSPS) is 18.5. The van der Waals surface area contributed by atoms with Crippen molar-refractivity contribution in [2.45, 2.75) is 19.0 Å². The third kappa shape index (κ3) is 2.85. The Morgan fingerprint density at radius 3 is 3.05 bits per heavy atom. The van der Waals surface area contributed by atoms with Crippen LogP contribution in [0.4, 0.5) is 0 Å². The molecular weight excluding hydrogens is 266 g/mol. The smallest absolute Gasteiger partial charge is 0.267 e. The number of likely N-dealkylation sites (N-methyl/N-ethyl adjacent to an activating group) is 1. The predicted molar refractivity (Wildman–Crippen MR) is 80.0 cm³/mol. The molecule has 1 unspecified atom stereocenters. The molecule has 1 amide bonds. The lowest BCUT2D eigenvalue weighted by Gasteiger charge is -2.31. The van der Waals surface area contributed by atoms with Crippen LogP contribution in [0.5, 0.6) is 0 Å². The fourth-order valence-corrected chi connectivity index (χ4v) is 2.93. The number of nitrogens with one attached hydrogen (secondary N) is 1. The molecule has 6 nitrogen and oxygen atoms in total. The Morgan fingerprint density at radius 2 is 2.29 bits per heavy atom. The van der Waals surface area contributed by atoms with Crippen molar-refractivity contribution in [3.63, 3.8) is 0 Å². The van der Waals surface area contributed by atoms with Gasteiger partial charge in [-0.1, -0.05) is 0 Å². The van der Waals surface area contributed by atoms with Crippen LogP contribution in [0, 0.1) is 0 Å². The van der Waals surface area contributed by atoms with Crippen molar-refractivity contribution in [2.75, 3.05) is 20.1 Å². The van der Waals surface area contributed by atoms with E-state index in [-0.39, 0.29) is 5.91 Å². The molecule has 0 fully saturated rings. The van der Waals surface area contributed by atoms with E-state index in [0.29, 0.717) is 18.3 Å². The summed E-state index contributed by atoms with van der Waals surface area (Å²) in [6.45, 7) is 2.56. The molecule has 0 bridgehead atoms. The summed E-state index contributed by atoms with van der Waals surface area (Å²) in [4.78, 5) is 14.4. The first-order chi connectivity index (χ1) is 10.1. The third-order valence-electron chi connectivity index (χ3n) is 3.99. The highest BCUT2D eigenvalue weighted by Crippen LogP contribution is 2.21. The van der Waals surface area contributed by atoms with E-state index in [2.05, 4.69) is 33.1 Å². The molecule has 3 heterocycles. The Kier molecular flexibility index (Phi) is 3.79. The highest BCUT2D eigenvalue weighted by molar-refractivity contribution is 5.92. The largest absolute Gasteiger partial charge is 0.351 e. The minimum absolute atomic E-state index is 0.0210. The minimum atomic E-state index is -0.0210. The Bertz CT molecular complexity index is 630. The predicted octanol–water partition coefficient (Wildman–Crippen LogP) is 1.03. The van der Waals surface area contributed by atoms with E-state index >= 15 is 0 Å². The van der Waals surface area contributed by atoms with E-state index in [1.165, 1.54) is 5.69 Å². The van der Waals surface area contributed by atoms with Gasteiger partial charge in [-0.3, -0.25) is 14.4 Å². The SMILES string of the molecule is CN1Cc2ccnn2C(CCNC(=O)c2cccn2C)C1. The maximum absolute atomic E-state index is 12.1. The Hall–Kier alpha value is -2.08. The van der Waals surface area contributed by atoms with Crippen LogP contribution in [0.25, 0.3) is 0 Å². The number of nitrogens with zero attached hydrogens (tertiary/aromatic N) is 4. The number of hydrogen-bond acceptors (Lipinski definition) is 3. The summed E-state index contributed by atoms with van der Waals surface area (Å²) in [5.74, 6) is -0.0210. The van der Waals surface area contributed by atoms with Gasteiger partial charge in [-0.05, 0) is 31.7 Å². The van der Waals surface area contributed by atoms with Crippen LogP contribution >= 0.6 is 0 Å². The van der Waals surface area contributed by atoms with Gasteiger partial charge in [0.05, 0.1) is 11.7 Å². The van der Waals surface area contributed by atoms with E-state index in [4.69, 9.17) is 0 Å². The van der Waals surface area contributed by atoms with Gasteiger partial charge in [-0.15, -0.1) is 0 Å². The number of aryl methyl sites for hydroxylation is 1. The summed E-state index contributed by atoms with van der Waals surface area (Å²) in [5, 5.41) is 7.40. The van der Waals surface area contributed by atoms with E-state index in [1.54, 1.807) is 0 Å². The first-order valence-corrected chi connectivity index (χ1v) is 7.25. The van der Waals surface area contributed by atoms with Crippen LogP contribution < -0.4 is 5.32 Å². The standard InChI is InChI=1S/C15H21N5O/c1-18-10-12(20-13(11-18)6-8-17-20)5-7-16-15(21)14-4-3-9-19(14)2/h3-4,6,8-9,12H,5,7,10-11H2,1-2H3,(H,16,21). The molecular formula is C15H21N5O. The van der Waals surface area contributed by atoms with Gasteiger partial charge in [-0.25, -0.2) is 0 Å². The van der Waals surface area contributed by atoms with Crippen molar-refractivity contribution in [3.05, 3.63) is 42.0 Å². The molecule has 6 heteroatoms. The lowest BCUT2D eigenvalue weighted by atomic mass is 10.1. The minimum Gasteiger partial charge on any atom is -0.351 e. The first kappa shape index (κ1) is 13.9. The molecule has 0 aliphatic carbocycles. The highest BCUT2D eigenvalue weighted by atomic mass is 16.1. The van der Waals surface area contributed by atoms with Crippen LogP contribution in [0.1, 0.15) is 28.6 Å². The van der Waals surface area contributed by atoms with Crippen molar-refractivity contribution in [1.82, 2.24) is 24.6 Å². The van der Waals surface area contributed by atoms with E-state index in [9.17, 15) is 4.79 Å². The number of carbonyl (C=O) groups excluding carboxylic acids is 1. The molecule has 0 spiro atoms. The van der Waals surface area contributed by atoms with Gasteiger partial charge in [0.1, 0.15) is 5.69 Å². The summed E-state index contributed by atoms with van der Waals surface area (Å²) in [5.41, 5.74) is 1.93. The zero-order valence-electron chi connectivity index (χ0n) is 12.5. The van der Waals surface area contributed by atoms with Gasteiger partial charge in [0.25, 0.3) is 5.91 Å². The number of carbonyl (C=O) groups is 1. The second-order valence-electron chi connectivity index (χ2n) is 5.67. The molecule has 3 rings (SSSR count). The van der Waals surface area contributed by atoms with E-state index < -0.39 is 0 Å². The molecule has 0 saturated heterocycles. The fraction of sp³-hybridized carbons (Fsp3) is 0.467. The summed E-state index contributed by atoms with van der Waals surface area (Å²) in [6.07, 6.45) is 4.61. The average Bonchev–Trinajstić information content (AvgIpc) is 3.06. The van der Waals surface area contributed by atoms with Crippen LogP contribution in [-0.2, 0) is 13.6 Å². The molecule has 1 atom stereocenters. The lowest BCUT2D eigenvalue weighted by molar-refractivity contribution is 0.0940. The summed E-state index contributed by atoms with van der Waals surface area (Å²) >= 11 is 0. The van der Waals surface area contributed by atoms with Gasteiger partial charge in [-0.2, -0.15) is 5.10 Å². The van der Waals surface area contributed by atoms with Crippen LogP contribution in [0.3, 0.4) is 0 Å². The maximum atomic E-state index is 12.1. The van der Waals surface area contributed by atoms with Gasteiger partial charge >= 0.3 is 0 Å². The molecule has 1 aliphatic rings. The number of aromatic nitrogens is 3. The summed E-state index contributed by atoms with van der Waals surface area (Å²) in [7, 11) is 3.99. The third-order valence-corrected chi connectivity index (χ3v) is 3.99. The highest BCUT2D eigenvalue weighted by Gasteiger charge is 2.23. The molecule has 0 radical (unpaired) electrons.